The highest BCUT2D eigenvalue weighted by Crippen LogP contribution is 2.12. The Morgan fingerprint density at radius 2 is 2.40 bits per heavy atom. The number of rotatable bonds is 5. The smallest absolute Gasteiger partial charge is 0.337 e. The second-order valence-electron chi connectivity index (χ2n) is 4.98. The molecule has 1 aromatic rings. The van der Waals surface area contributed by atoms with Crippen molar-refractivity contribution in [1.29, 1.82) is 0 Å². The number of likely N-dealkylation sites (N-methyl/N-ethyl adjacent to an activating group) is 1. The lowest BCUT2D eigenvalue weighted by atomic mass is 10.1. The minimum absolute atomic E-state index is 0.234. The van der Waals surface area contributed by atoms with Crippen LogP contribution in [0.2, 0.25) is 0 Å². The van der Waals surface area contributed by atoms with Crippen LogP contribution in [0.4, 0.5) is 0 Å². The Bertz CT molecular complexity index is 448. The first kappa shape index (κ1) is 15.0. The summed E-state index contributed by atoms with van der Waals surface area (Å²) in [4.78, 5) is 13.9. The molecular weight excluding hydrogens is 256 g/mol. The molecule has 1 heterocycles. The van der Waals surface area contributed by atoms with Gasteiger partial charge in [0, 0.05) is 26.2 Å². The molecule has 110 valence electrons. The maximum Gasteiger partial charge on any atom is 0.337 e. The SMILES string of the molecule is CNCC1CN(Cc2cccc(C(=O)OC)c2)CCO1. The molecule has 20 heavy (non-hydrogen) atoms. The highest BCUT2D eigenvalue weighted by atomic mass is 16.5. The number of morpholine rings is 1. The van der Waals surface area contributed by atoms with Gasteiger partial charge >= 0.3 is 5.97 Å². The van der Waals surface area contributed by atoms with Crippen molar-refractivity contribution in [3.63, 3.8) is 0 Å². The second kappa shape index (κ2) is 7.38. The van der Waals surface area contributed by atoms with Crippen LogP contribution in [-0.2, 0) is 16.0 Å². The third-order valence-electron chi connectivity index (χ3n) is 3.41. The van der Waals surface area contributed by atoms with Crippen molar-refractivity contribution in [1.82, 2.24) is 10.2 Å². The summed E-state index contributed by atoms with van der Waals surface area (Å²) < 4.78 is 10.4. The molecule has 0 amide bonds. The number of nitrogens with one attached hydrogen (secondary N) is 1. The standard InChI is InChI=1S/C15H22N2O3/c1-16-9-14-11-17(6-7-20-14)10-12-4-3-5-13(8-12)15(18)19-2/h3-5,8,14,16H,6-7,9-11H2,1-2H3. The van der Waals surface area contributed by atoms with Crippen LogP contribution in [0.3, 0.4) is 0 Å². The molecule has 0 bridgehead atoms. The van der Waals surface area contributed by atoms with Gasteiger partial charge in [0.1, 0.15) is 0 Å². The summed E-state index contributed by atoms with van der Waals surface area (Å²) in [5.74, 6) is -0.290. The lowest BCUT2D eigenvalue weighted by Crippen LogP contribution is -2.45. The average Bonchev–Trinajstić information content (AvgIpc) is 2.47. The first-order valence-electron chi connectivity index (χ1n) is 6.88. The van der Waals surface area contributed by atoms with E-state index >= 15 is 0 Å². The molecule has 1 aliphatic rings. The molecule has 1 saturated heterocycles. The number of carbonyl (C=O) groups is 1. The molecular formula is C15H22N2O3. The maximum atomic E-state index is 11.5. The van der Waals surface area contributed by atoms with Crippen LogP contribution in [0.15, 0.2) is 24.3 Å². The zero-order valence-corrected chi connectivity index (χ0v) is 12.1. The van der Waals surface area contributed by atoms with Crippen LogP contribution >= 0.6 is 0 Å². The van der Waals surface area contributed by atoms with E-state index in [1.165, 1.54) is 7.11 Å². The lowest BCUT2D eigenvalue weighted by molar-refractivity contribution is -0.0291. The molecule has 0 saturated carbocycles. The van der Waals surface area contributed by atoms with Crippen molar-refractivity contribution in [2.75, 3.05) is 40.4 Å². The van der Waals surface area contributed by atoms with Crippen molar-refractivity contribution in [2.24, 2.45) is 0 Å². The van der Waals surface area contributed by atoms with Gasteiger partial charge in [-0.2, -0.15) is 0 Å². The summed E-state index contributed by atoms with van der Waals surface area (Å²) in [6.45, 7) is 4.27. The topological polar surface area (TPSA) is 50.8 Å². The number of methoxy groups -OCH3 is 1. The van der Waals surface area contributed by atoms with Gasteiger partial charge in [-0.1, -0.05) is 12.1 Å². The Kier molecular flexibility index (Phi) is 5.52. The minimum Gasteiger partial charge on any atom is -0.465 e. The molecule has 1 aromatic carbocycles. The average molecular weight is 278 g/mol. The van der Waals surface area contributed by atoms with Gasteiger partial charge in [-0.25, -0.2) is 4.79 Å². The first-order valence-corrected chi connectivity index (χ1v) is 6.88. The van der Waals surface area contributed by atoms with E-state index in [0.29, 0.717) is 5.56 Å². The highest BCUT2D eigenvalue weighted by molar-refractivity contribution is 5.89. The molecule has 0 aromatic heterocycles. The van der Waals surface area contributed by atoms with E-state index in [1.807, 2.05) is 25.2 Å². The van der Waals surface area contributed by atoms with Crippen molar-refractivity contribution in [2.45, 2.75) is 12.6 Å². The van der Waals surface area contributed by atoms with Gasteiger partial charge in [-0.05, 0) is 24.7 Å². The third kappa shape index (κ3) is 4.03. The van der Waals surface area contributed by atoms with Crippen LogP contribution in [0.5, 0.6) is 0 Å². The number of ether oxygens (including phenoxy) is 2. The van der Waals surface area contributed by atoms with Gasteiger partial charge in [-0.3, -0.25) is 4.90 Å². The summed E-state index contributed by atoms with van der Waals surface area (Å²) >= 11 is 0. The molecule has 0 radical (unpaired) electrons. The molecule has 1 unspecified atom stereocenters. The van der Waals surface area contributed by atoms with Gasteiger partial charge in [0.15, 0.2) is 0 Å². The molecule has 5 heteroatoms. The van der Waals surface area contributed by atoms with Crippen LogP contribution in [0.25, 0.3) is 0 Å². The Morgan fingerprint density at radius 3 is 3.15 bits per heavy atom. The summed E-state index contributed by atoms with van der Waals surface area (Å²) in [6, 6.07) is 7.61. The zero-order chi connectivity index (χ0) is 14.4. The molecule has 1 fully saturated rings. The molecule has 0 spiro atoms. The van der Waals surface area contributed by atoms with Gasteiger partial charge in [0.25, 0.3) is 0 Å². The Balaban J connectivity index is 1.97. The summed E-state index contributed by atoms with van der Waals surface area (Å²) in [5, 5.41) is 3.14. The number of carbonyl (C=O) groups excluding carboxylic acids is 1. The maximum absolute atomic E-state index is 11.5. The van der Waals surface area contributed by atoms with E-state index in [-0.39, 0.29) is 12.1 Å². The fourth-order valence-corrected chi connectivity index (χ4v) is 2.45. The van der Waals surface area contributed by atoms with E-state index < -0.39 is 0 Å². The van der Waals surface area contributed by atoms with Crippen LogP contribution in [0.1, 0.15) is 15.9 Å². The number of hydrogen-bond acceptors (Lipinski definition) is 5. The number of hydrogen-bond donors (Lipinski definition) is 1. The Morgan fingerprint density at radius 1 is 1.55 bits per heavy atom. The number of nitrogens with zero attached hydrogens (tertiary/aromatic N) is 1. The number of esters is 1. The van der Waals surface area contributed by atoms with Gasteiger partial charge < -0.3 is 14.8 Å². The molecule has 2 rings (SSSR count). The summed E-state index contributed by atoms with van der Waals surface area (Å²) in [5.41, 5.74) is 1.73. The van der Waals surface area contributed by atoms with E-state index in [2.05, 4.69) is 10.2 Å². The minimum atomic E-state index is -0.290. The van der Waals surface area contributed by atoms with Gasteiger partial charge in [0.2, 0.25) is 0 Å². The first-order chi connectivity index (χ1) is 9.72. The normalized spacial score (nSPS) is 19.8. The van der Waals surface area contributed by atoms with Crippen molar-refractivity contribution in [3.8, 4) is 0 Å². The summed E-state index contributed by atoms with van der Waals surface area (Å²) in [7, 11) is 3.33. The van der Waals surface area contributed by atoms with Crippen LogP contribution < -0.4 is 5.32 Å². The van der Waals surface area contributed by atoms with Crippen LogP contribution in [-0.4, -0.2) is 57.4 Å². The van der Waals surface area contributed by atoms with E-state index in [4.69, 9.17) is 9.47 Å². The van der Waals surface area contributed by atoms with Crippen LogP contribution in [0, 0.1) is 0 Å². The predicted octanol–water partition coefficient (Wildman–Crippen LogP) is 0.893. The van der Waals surface area contributed by atoms with Crippen molar-refractivity contribution >= 4 is 5.97 Å². The second-order valence-corrected chi connectivity index (χ2v) is 4.98. The predicted molar refractivity (Wildman–Crippen MR) is 76.7 cm³/mol. The molecule has 5 nitrogen and oxygen atoms in total. The molecule has 0 aliphatic carbocycles. The van der Waals surface area contributed by atoms with E-state index in [9.17, 15) is 4.79 Å². The van der Waals surface area contributed by atoms with E-state index in [0.717, 1.165) is 38.3 Å². The largest absolute Gasteiger partial charge is 0.465 e. The highest BCUT2D eigenvalue weighted by Gasteiger charge is 2.20. The zero-order valence-electron chi connectivity index (χ0n) is 12.1. The van der Waals surface area contributed by atoms with Crippen molar-refractivity contribution in [3.05, 3.63) is 35.4 Å². The van der Waals surface area contributed by atoms with Crippen molar-refractivity contribution < 1.29 is 14.3 Å². The fraction of sp³-hybridized carbons (Fsp3) is 0.533. The fourth-order valence-electron chi connectivity index (χ4n) is 2.45. The Labute approximate surface area is 119 Å². The van der Waals surface area contributed by atoms with Gasteiger partial charge in [-0.15, -0.1) is 0 Å². The lowest BCUT2D eigenvalue weighted by Gasteiger charge is -2.32. The molecule has 1 aliphatic heterocycles. The molecule has 1 atom stereocenters. The quantitative estimate of drug-likeness (QED) is 0.811. The summed E-state index contributed by atoms with van der Waals surface area (Å²) in [6.07, 6.45) is 0.234. The Hall–Kier alpha value is -1.43. The molecule has 1 N–H and O–H groups in total. The third-order valence-corrected chi connectivity index (χ3v) is 3.41. The van der Waals surface area contributed by atoms with Gasteiger partial charge in [0.05, 0.1) is 25.4 Å². The van der Waals surface area contributed by atoms with E-state index in [1.54, 1.807) is 6.07 Å². The number of benzene rings is 1. The monoisotopic (exact) mass is 278 g/mol.